The number of aryl methyl sites for hydroxylation is 1. The molecule has 0 spiro atoms. The number of carbonyl (C=O) groups excluding carboxylic acids is 1. The number of hydrogen-bond acceptors (Lipinski definition) is 3. The molecule has 0 saturated heterocycles. The minimum atomic E-state index is -0.0964. The van der Waals surface area contributed by atoms with Gasteiger partial charge < -0.3 is 10.1 Å². The number of benzene rings is 1. The Hall–Kier alpha value is -2.30. The van der Waals surface area contributed by atoms with Crippen molar-refractivity contribution in [1.29, 1.82) is 0 Å². The fourth-order valence-electron chi connectivity index (χ4n) is 2.33. The summed E-state index contributed by atoms with van der Waals surface area (Å²) >= 11 is 0. The van der Waals surface area contributed by atoms with Gasteiger partial charge in [0.2, 0.25) is 0 Å². The molecule has 1 aliphatic rings. The molecule has 1 amide bonds. The lowest BCUT2D eigenvalue weighted by Gasteiger charge is -2.09. The van der Waals surface area contributed by atoms with Gasteiger partial charge in [0, 0.05) is 18.2 Å². The van der Waals surface area contributed by atoms with Crippen molar-refractivity contribution in [3.63, 3.8) is 0 Å². The molecule has 0 atom stereocenters. The minimum absolute atomic E-state index is 0.0964. The van der Waals surface area contributed by atoms with E-state index in [2.05, 4.69) is 10.4 Å². The fraction of sp³-hybridized carbons (Fsp3) is 0.375. The smallest absolute Gasteiger partial charge is 0.272 e. The van der Waals surface area contributed by atoms with Gasteiger partial charge >= 0.3 is 0 Å². The highest BCUT2D eigenvalue weighted by atomic mass is 16.5. The Morgan fingerprint density at radius 2 is 2.19 bits per heavy atom. The summed E-state index contributed by atoms with van der Waals surface area (Å²) in [5.74, 6) is 0.682. The van der Waals surface area contributed by atoms with Crippen LogP contribution in [0.4, 0.5) is 0 Å². The Balaban J connectivity index is 1.97. The first-order valence-corrected chi connectivity index (χ1v) is 7.25. The quantitative estimate of drug-likeness (QED) is 0.918. The summed E-state index contributed by atoms with van der Waals surface area (Å²) in [5, 5.41) is 7.38. The van der Waals surface area contributed by atoms with E-state index in [9.17, 15) is 4.79 Å². The number of ether oxygens (including phenoxy) is 1. The molecule has 1 fully saturated rings. The van der Waals surface area contributed by atoms with Crippen LogP contribution in [-0.2, 0) is 6.54 Å². The zero-order chi connectivity index (χ0) is 14.8. The number of methoxy groups -OCH3 is 1. The predicted octanol–water partition coefficient (Wildman–Crippen LogP) is 2.47. The van der Waals surface area contributed by atoms with Crippen LogP contribution in [0.2, 0.25) is 0 Å². The van der Waals surface area contributed by atoms with Crippen LogP contribution < -0.4 is 10.1 Å². The Morgan fingerprint density at radius 3 is 2.86 bits per heavy atom. The molecule has 5 nitrogen and oxygen atoms in total. The summed E-state index contributed by atoms with van der Waals surface area (Å²) in [6, 6.07) is 9.93. The molecule has 2 aromatic rings. The number of nitrogens with zero attached hydrogens (tertiary/aromatic N) is 2. The second kappa shape index (κ2) is 5.60. The van der Waals surface area contributed by atoms with Crippen molar-refractivity contribution in [3.8, 4) is 17.0 Å². The summed E-state index contributed by atoms with van der Waals surface area (Å²) in [6.07, 6.45) is 2.14. The molecule has 21 heavy (non-hydrogen) atoms. The molecule has 0 unspecified atom stereocenters. The molecule has 5 heteroatoms. The Morgan fingerprint density at radius 1 is 1.43 bits per heavy atom. The van der Waals surface area contributed by atoms with E-state index in [0.29, 0.717) is 18.3 Å². The second-order valence-electron chi connectivity index (χ2n) is 5.18. The van der Waals surface area contributed by atoms with Gasteiger partial charge in [-0.25, -0.2) is 0 Å². The van der Waals surface area contributed by atoms with E-state index in [0.717, 1.165) is 29.8 Å². The Bertz CT molecular complexity index is 659. The maximum Gasteiger partial charge on any atom is 0.272 e. The van der Waals surface area contributed by atoms with Crippen LogP contribution in [0.5, 0.6) is 5.75 Å². The topological polar surface area (TPSA) is 56.2 Å². The highest BCUT2D eigenvalue weighted by Crippen LogP contribution is 2.30. The molecule has 1 aliphatic carbocycles. The Kier molecular flexibility index (Phi) is 3.64. The number of hydrogen-bond donors (Lipinski definition) is 1. The molecular formula is C16H19N3O2. The first kappa shape index (κ1) is 13.7. The third-order valence-corrected chi connectivity index (χ3v) is 3.61. The molecule has 1 saturated carbocycles. The van der Waals surface area contributed by atoms with Crippen LogP contribution in [0, 0.1) is 0 Å². The zero-order valence-corrected chi connectivity index (χ0v) is 12.3. The first-order chi connectivity index (χ1) is 10.2. The molecule has 0 aliphatic heterocycles. The van der Waals surface area contributed by atoms with Crippen molar-refractivity contribution in [1.82, 2.24) is 15.1 Å². The fourth-order valence-corrected chi connectivity index (χ4v) is 2.33. The zero-order valence-electron chi connectivity index (χ0n) is 12.3. The van der Waals surface area contributed by atoms with Gasteiger partial charge in [0.1, 0.15) is 5.75 Å². The monoisotopic (exact) mass is 285 g/mol. The van der Waals surface area contributed by atoms with E-state index in [1.165, 1.54) is 0 Å². The van der Waals surface area contributed by atoms with Gasteiger partial charge in [0.25, 0.3) is 5.91 Å². The summed E-state index contributed by atoms with van der Waals surface area (Å²) in [5.41, 5.74) is 2.31. The van der Waals surface area contributed by atoms with Crippen LogP contribution in [0.3, 0.4) is 0 Å². The van der Waals surface area contributed by atoms with Gasteiger partial charge in [-0.1, -0.05) is 12.1 Å². The van der Waals surface area contributed by atoms with Crippen LogP contribution in [-0.4, -0.2) is 28.8 Å². The van der Waals surface area contributed by atoms with Gasteiger partial charge in [-0.3, -0.25) is 9.48 Å². The van der Waals surface area contributed by atoms with Gasteiger partial charge in [0.05, 0.1) is 12.8 Å². The van der Waals surface area contributed by atoms with Crippen LogP contribution in [0.25, 0.3) is 11.3 Å². The maximum atomic E-state index is 12.1. The molecule has 110 valence electrons. The van der Waals surface area contributed by atoms with Crippen molar-refractivity contribution in [2.75, 3.05) is 7.11 Å². The summed E-state index contributed by atoms with van der Waals surface area (Å²) in [6.45, 7) is 2.71. The van der Waals surface area contributed by atoms with Crippen LogP contribution in [0.15, 0.2) is 30.3 Å². The molecule has 1 N–H and O–H groups in total. The van der Waals surface area contributed by atoms with Crippen molar-refractivity contribution in [2.24, 2.45) is 0 Å². The third-order valence-electron chi connectivity index (χ3n) is 3.61. The molecule has 3 rings (SSSR count). The highest BCUT2D eigenvalue weighted by Gasteiger charge is 2.25. The minimum Gasteiger partial charge on any atom is -0.496 e. The van der Waals surface area contributed by atoms with Gasteiger partial charge in [-0.15, -0.1) is 0 Å². The molecule has 0 bridgehead atoms. The lowest BCUT2D eigenvalue weighted by Crippen LogP contribution is -2.25. The van der Waals surface area contributed by atoms with Crippen molar-refractivity contribution >= 4 is 5.91 Å². The summed E-state index contributed by atoms with van der Waals surface area (Å²) in [4.78, 5) is 12.1. The van der Waals surface area contributed by atoms with E-state index in [4.69, 9.17) is 4.74 Å². The highest BCUT2D eigenvalue weighted by molar-refractivity contribution is 5.94. The number of aromatic nitrogens is 2. The lowest BCUT2D eigenvalue weighted by atomic mass is 10.1. The summed E-state index contributed by atoms with van der Waals surface area (Å²) in [7, 11) is 1.65. The number of para-hydroxylation sites is 1. The van der Waals surface area contributed by atoms with Crippen molar-refractivity contribution < 1.29 is 9.53 Å². The van der Waals surface area contributed by atoms with Crippen molar-refractivity contribution in [2.45, 2.75) is 32.4 Å². The van der Waals surface area contributed by atoms with E-state index < -0.39 is 0 Å². The van der Waals surface area contributed by atoms with E-state index in [1.807, 2.05) is 41.9 Å². The average Bonchev–Trinajstić information content (AvgIpc) is 3.22. The standard InChI is InChI=1S/C16H19N3O2/c1-3-19-14(12-6-4-5-7-15(12)21-2)10-13(18-19)16(20)17-11-8-9-11/h4-7,10-11H,3,8-9H2,1-2H3,(H,17,20). The SMILES string of the molecule is CCn1nc(C(=O)NC2CC2)cc1-c1ccccc1OC. The van der Waals surface area contributed by atoms with E-state index in [1.54, 1.807) is 7.11 Å². The molecule has 1 aromatic carbocycles. The average molecular weight is 285 g/mol. The number of amides is 1. The van der Waals surface area contributed by atoms with E-state index in [-0.39, 0.29) is 5.91 Å². The number of carbonyl (C=O) groups is 1. The Labute approximate surface area is 123 Å². The maximum absolute atomic E-state index is 12.1. The second-order valence-corrected chi connectivity index (χ2v) is 5.18. The van der Waals surface area contributed by atoms with Gasteiger partial charge in [-0.05, 0) is 38.0 Å². The van der Waals surface area contributed by atoms with Gasteiger partial charge in [-0.2, -0.15) is 5.10 Å². The molecule has 1 heterocycles. The third kappa shape index (κ3) is 2.77. The molecule has 1 aromatic heterocycles. The number of nitrogens with one attached hydrogen (secondary N) is 1. The number of rotatable bonds is 5. The lowest BCUT2D eigenvalue weighted by molar-refractivity contribution is 0.0945. The normalized spacial score (nSPS) is 14.0. The predicted molar refractivity (Wildman–Crippen MR) is 80.4 cm³/mol. The summed E-state index contributed by atoms with van der Waals surface area (Å²) < 4.78 is 7.23. The van der Waals surface area contributed by atoms with Crippen LogP contribution >= 0.6 is 0 Å². The van der Waals surface area contributed by atoms with Crippen LogP contribution in [0.1, 0.15) is 30.3 Å². The van der Waals surface area contributed by atoms with Crippen molar-refractivity contribution in [3.05, 3.63) is 36.0 Å². The largest absolute Gasteiger partial charge is 0.496 e. The van der Waals surface area contributed by atoms with Gasteiger partial charge in [0.15, 0.2) is 5.69 Å². The molecule has 0 radical (unpaired) electrons. The van der Waals surface area contributed by atoms with E-state index >= 15 is 0 Å². The molecular weight excluding hydrogens is 266 g/mol. The first-order valence-electron chi connectivity index (χ1n) is 7.25.